The fourth-order valence-electron chi connectivity index (χ4n) is 1.87. The fraction of sp³-hybridized carbons (Fsp3) is 0.0625. The standard InChI is InChI=1S/C16H16N6O/c17-15(20-19-13-7-3-1-4-8-13)11-23-16-18-12-22(21-16)14-9-5-2-6-10-14/h1-10,12,19H,11H2,(H2,17,20)/p+1. The van der Waals surface area contributed by atoms with E-state index in [4.69, 9.17) is 10.5 Å². The Bertz CT molecular complexity index is 770. The molecule has 0 aliphatic carbocycles. The number of hydrazone groups is 1. The molecule has 116 valence electrons. The van der Waals surface area contributed by atoms with Gasteiger partial charge < -0.3 is 4.74 Å². The normalized spacial score (nSPS) is 11.2. The molecule has 0 saturated heterocycles. The first-order valence-electron chi connectivity index (χ1n) is 7.09. The molecule has 0 fully saturated rings. The molecule has 4 N–H and O–H groups in total. The van der Waals surface area contributed by atoms with Gasteiger partial charge in [0.25, 0.3) is 0 Å². The molecular weight excluding hydrogens is 292 g/mol. The van der Waals surface area contributed by atoms with Gasteiger partial charge in [0, 0.05) is 0 Å². The smallest absolute Gasteiger partial charge is 0.336 e. The molecule has 0 unspecified atom stereocenters. The number of para-hydroxylation sites is 2. The third-order valence-corrected chi connectivity index (χ3v) is 2.99. The molecule has 1 aromatic heterocycles. The van der Waals surface area contributed by atoms with Gasteiger partial charge in [0.2, 0.25) is 0 Å². The minimum Gasteiger partial charge on any atom is -0.449 e. The Morgan fingerprint density at radius 1 is 1.09 bits per heavy atom. The van der Waals surface area contributed by atoms with E-state index < -0.39 is 0 Å². The number of hydrogen-bond acceptors (Lipinski definition) is 4. The van der Waals surface area contributed by atoms with Gasteiger partial charge in [-0.25, -0.2) is 10.1 Å². The van der Waals surface area contributed by atoms with Gasteiger partial charge in [0.05, 0.1) is 11.4 Å². The van der Waals surface area contributed by atoms with E-state index in [1.165, 1.54) is 0 Å². The number of hydrazine groups is 1. The van der Waals surface area contributed by atoms with Crippen LogP contribution < -0.4 is 21.0 Å². The molecule has 23 heavy (non-hydrogen) atoms. The molecule has 0 radical (unpaired) electrons. The molecule has 2 aromatic carbocycles. The third-order valence-electron chi connectivity index (χ3n) is 2.99. The molecule has 0 aliphatic rings. The van der Waals surface area contributed by atoms with Crippen molar-refractivity contribution in [1.82, 2.24) is 14.8 Å². The van der Waals surface area contributed by atoms with Crippen LogP contribution in [-0.4, -0.2) is 27.2 Å². The summed E-state index contributed by atoms with van der Waals surface area (Å²) in [4.78, 5) is 4.10. The Morgan fingerprint density at radius 2 is 1.78 bits per heavy atom. The van der Waals surface area contributed by atoms with Crippen LogP contribution in [0.25, 0.3) is 5.69 Å². The highest BCUT2D eigenvalue weighted by Gasteiger charge is 2.06. The predicted molar refractivity (Wildman–Crippen MR) is 87.1 cm³/mol. The zero-order chi connectivity index (χ0) is 15.9. The van der Waals surface area contributed by atoms with E-state index in [1.807, 2.05) is 60.7 Å². The van der Waals surface area contributed by atoms with E-state index in [0.717, 1.165) is 11.4 Å². The molecule has 0 amide bonds. The van der Waals surface area contributed by atoms with Crippen molar-refractivity contribution >= 4 is 11.5 Å². The second kappa shape index (κ2) is 7.08. The van der Waals surface area contributed by atoms with Gasteiger partial charge in [0.15, 0.2) is 6.61 Å². The maximum Gasteiger partial charge on any atom is 0.336 e. The Labute approximate surface area is 133 Å². The number of aromatic nitrogens is 3. The van der Waals surface area contributed by atoms with Crippen LogP contribution in [-0.2, 0) is 0 Å². The van der Waals surface area contributed by atoms with E-state index in [9.17, 15) is 0 Å². The summed E-state index contributed by atoms with van der Waals surface area (Å²) in [6.07, 6.45) is 1.59. The average molecular weight is 309 g/mol. The van der Waals surface area contributed by atoms with Gasteiger partial charge in [-0.15, -0.1) is 5.10 Å². The van der Waals surface area contributed by atoms with E-state index in [1.54, 1.807) is 11.0 Å². The van der Waals surface area contributed by atoms with Crippen molar-refractivity contribution < 1.29 is 9.84 Å². The van der Waals surface area contributed by atoms with Crippen LogP contribution >= 0.6 is 0 Å². The lowest BCUT2D eigenvalue weighted by Crippen LogP contribution is -2.80. The Balaban J connectivity index is 1.55. The number of nitrogens with one attached hydrogen (secondary N) is 2. The lowest BCUT2D eigenvalue weighted by Gasteiger charge is -2.00. The fourth-order valence-corrected chi connectivity index (χ4v) is 1.87. The van der Waals surface area contributed by atoms with Crippen molar-refractivity contribution in [3.8, 4) is 11.7 Å². The topological polar surface area (TPSA) is 92.0 Å². The predicted octanol–water partition coefficient (Wildman–Crippen LogP) is 0.111. The number of amidine groups is 1. The highest BCUT2D eigenvalue weighted by atomic mass is 16.5. The number of hydrogen-bond donors (Lipinski definition) is 3. The van der Waals surface area contributed by atoms with Crippen LogP contribution in [0.15, 0.2) is 67.0 Å². The second-order valence-corrected chi connectivity index (χ2v) is 4.74. The van der Waals surface area contributed by atoms with Crippen molar-refractivity contribution in [1.29, 1.82) is 0 Å². The van der Waals surface area contributed by atoms with E-state index in [-0.39, 0.29) is 12.6 Å². The van der Waals surface area contributed by atoms with E-state index >= 15 is 0 Å². The maximum absolute atomic E-state index is 5.84. The molecule has 7 nitrogen and oxygen atoms in total. The lowest BCUT2D eigenvalue weighted by atomic mass is 10.3. The molecule has 0 bridgehead atoms. The van der Waals surface area contributed by atoms with Crippen LogP contribution in [0.2, 0.25) is 0 Å². The van der Waals surface area contributed by atoms with Gasteiger partial charge >= 0.3 is 11.8 Å². The number of benzene rings is 2. The summed E-state index contributed by atoms with van der Waals surface area (Å²) in [6, 6.07) is 19.6. The van der Waals surface area contributed by atoms with E-state index in [2.05, 4.69) is 20.6 Å². The number of anilines is 1. The monoisotopic (exact) mass is 309 g/mol. The minimum absolute atomic E-state index is 0.151. The Morgan fingerprint density at radius 3 is 2.52 bits per heavy atom. The Hall–Kier alpha value is -3.35. The van der Waals surface area contributed by atoms with Crippen LogP contribution in [0, 0.1) is 0 Å². The van der Waals surface area contributed by atoms with Crippen molar-refractivity contribution in [2.45, 2.75) is 0 Å². The first-order chi connectivity index (χ1) is 11.3. The second-order valence-electron chi connectivity index (χ2n) is 4.74. The highest BCUT2D eigenvalue weighted by molar-refractivity contribution is 5.76. The van der Waals surface area contributed by atoms with E-state index in [0.29, 0.717) is 5.84 Å². The van der Waals surface area contributed by atoms with Crippen molar-refractivity contribution in [3.63, 3.8) is 0 Å². The average Bonchev–Trinajstić information content (AvgIpc) is 3.09. The summed E-state index contributed by atoms with van der Waals surface area (Å²) in [6.45, 7) is 0.151. The van der Waals surface area contributed by atoms with Gasteiger partial charge in [0.1, 0.15) is 6.33 Å². The summed E-state index contributed by atoms with van der Waals surface area (Å²) in [7, 11) is 0. The first-order valence-corrected chi connectivity index (χ1v) is 7.09. The van der Waals surface area contributed by atoms with Gasteiger partial charge in [-0.3, -0.25) is 5.73 Å². The molecular formula is C16H17N6O+. The lowest BCUT2D eigenvalue weighted by molar-refractivity contribution is -0.422. The molecule has 0 spiro atoms. The van der Waals surface area contributed by atoms with Crippen LogP contribution in [0.4, 0.5) is 5.69 Å². The van der Waals surface area contributed by atoms with Gasteiger partial charge in [-0.05, 0) is 24.3 Å². The molecule has 1 heterocycles. The van der Waals surface area contributed by atoms with Crippen LogP contribution in [0.5, 0.6) is 6.01 Å². The number of ether oxygens (including phenoxy) is 1. The highest BCUT2D eigenvalue weighted by Crippen LogP contribution is 2.07. The summed E-state index contributed by atoms with van der Waals surface area (Å²) < 4.78 is 7.09. The largest absolute Gasteiger partial charge is 0.449 e. The van der Waals surface area contributed by atoms with Gasteiger partial charge in [-0.2, -0.15) is 10.1 Å². The summed E-state index contributed by atoms with van der Waals surface area (Å²) in [5.41, 5.74) is 10.6. The molecule has 3 aromatic rings. The summed E-state index contributed by atoms with van der Waals surface area (Å²) >= 11 is 0. The minimum atomic E-state index is 0.151. The summed E-state index contributed by atoms with van der Waals surface area (Å²) in [5.74, 6) is 0.421. The van der Waals surface area contributed by atoms with Crippen molar-refractivity contribution in [3.05, 3.63) is 67.0 Å². The van der Waals surface area contributed by atoms with Crippen molar-refractivity contribution in [2.24, 2.45) is 5.73 Å². The molecule has 7 heteroatoms. The molecule has 0 atom stereocenters. The SMILES string of the molecule is NC(COc1ncn(-c2ccccc2)n1)=[NH+]Nc1ccccc1. The van der Waals surface area contributed by atoms with Crippen LogP contribution in [0.3, 0.4) is 0 Å². The van der Waals surface area contributed by atoms with Gasteiger partial charge in [-0.1, -0.05) is 36.4 Å². The zero-order valence-electron chi connectivity index (χ0n) is 12.4. The van der Waals surface area contributed by atoms with Crippen LogP contribution in [0.1, 0.15) is 0 Å². The third kappa shape index (κ3) is 4.07. The number of rotatable bonds is 6. The Kier molecular flexibility index (Phi) is 4.49. The molecule has 0 aliphatic heterocycles. The van der Waals surface area contributed by atoms with Crippen molar-refractivity contribution in [2.75, 3.05) is 12.0 Å². The zero-order valence-corrected chi connectivity index (χ0v) is 12.4. The molecule has 0 saturated carbocycles. The number of nitrogens with zero attached hydrogens (tertiary/aromatic N) is 3. The summed E-state index contributed by atoms with van der Waals surface area (Å²) in [5, 5.41) is 7.10. The molecule has 3 rings (SSSR count). The maximum atomic E-state index is 5.84. The number of nitrogens with two attached hydrogens (primary N) is 1. The quantitative estimate of drug-likeness (QED) is 0.341. The first kappa shape index (κ1) is 14.6.